The minimum absolute atomic E-state index is 0.168. The predicted octanol–water partition coefficient (Wildman–Crippen LogP) is 3.00. The first-order valence-corrected chi connectivity index (χ1v) is 5.57. The number of hydrogen-bond donors (Lipinski definition) is 1. The number of aryl methyl sites for hydroxylation is 1. The normalized spacial score (nSPS) is 23.8. The largest absolute Gasteiger partial charge is 0.488 e. The van der Waals surface area contributed by atoms with Crippen LogP contribution in [0.5, 0.6) is 5.75 Å². The summed E-state index contributed by atoms with van der Waals surface area (Å²) < 4.78 is 5.81. The zero-order valence-corrected chi connectivity index (χ0v) is 10.3. The van der Waals surface area contributed by atoms with Gasteiger partial charge in [0.2, 0.25) is 0 Å². The standard InChI is InChI=1S/C12H16ClNO/c1-6-5-9-10(7(2)11(6)13)12(14-4)8(3)15-9/h5,8,12,14H,1-4H3. The van der Waals surface area contributed by atoms with Gasteiger partial charge in [0.1, 0.15) is 11.9 Å². The highest BCUT2D eigenvalue weighted by Gasteiger charge is 2.32. The van der Waals surface area contributed by atoms with E-state index in [1.165, 1.54) is 5.56 Å². The summed E-state index contributed by atoms with van der Waals surface area (Å²) in [5, 5.41) is 4.13. The second kappa shape index (κ2) is 3.69. The molecule has 0 aliphatic carbocycles. The molecule has 1 N–H and O–H groups in total. The molecule has 0 spiro atoms. The van der Waals surface area contributed by atoms with Gasteiger partial charge in [-0.15, -0.1) is 0 Å². The van der Waals surface area contributed by atoms with Crippen LogP contribution >= 0.6 is 11.6 Å². The van der Waals surface area contributed by atoms with Crippen molar-refractivity contribution in [2.24, 2.45) is 0 Å². The Hall–Kier alpha value is -0.730. The molecule has 1 aromatic rings. The number of rotatable bonds is 1. The molecular weight excluding hydrogens is 210 g/mol. The molecule has 1 aliphatic rings. The maximum Gasteiger partial charge on any atom is 0.125 e. The molecule has 1 heterocycles. The van der Waals surface area contributed by atoms with Gasteiger partial charge in [0.05, 0.1) is 6.04 Å². The monoisotopic (exact) mass is 225 g/mol. The average molecular weight is 226 g/mol. The summed E-state index contributed by atoms with van der Waals surface area (Å²) >= 11 is 6.25. The SMILES string of the molecule is CNC1c2c(cc(C)c(Cl)c2C)OC1C. The third kappa shape index (κ3) is 1.52. The smallest absolute Gasteiger partial charge is 0.125 e. The molecule has 1 aromatic carbocycles. The van der Waals surface area contributed by atoms with E-state index < -0.39 is 0 Å². The minimum atomic E-state index is 0.168. The van der Waals surface area contributed by atoms with Crippen molar-refractivity contribution in [1.29, 1.82) is 0 Å². The highest BCUT2D eigenvalue weighted by atomic mass is 35.5. The molecule has 2 unspecified atom stereocenters. The third-order valence-corrected chi connectivity index (χ3v) is 3.68. The van der Waals surface area contributed by atoms with Gasteiger partial charge in [-0.3, -0.25) is 0 Å². The zero-order valence-electron chi connectivity index (χ0n) is 9.52. The van der Waals surface area contributed by atoms with Crippen molar-refractivity contribution in [2.45, 2.75) is 32.9 Å². The maximum atomic E-state index is 6.25. The molecule has 0 saturated carbocycles. The number of nitrogens with one attached hydrogen (secondary N) is 1. The van der Waals surface area contributed by atoms with E-state index in [1.54, 1.807) is 0 Å². The Morgan fingerprint density at radius 1 is 1.40 bits per heavy atom. The van der Waals surface area contributed by atoms with Gasteiger partial charge in [0.15, 0.2) is 0 Å². The van der Waals surface area contributed by atoms with Crippen molar-refractivity contribution in [3.05, 3.63) is 27.8 Å². The number of fused-ring (bicyclic) bond motifs is 1. The molecule has 0 radical (unpaired) electrons. The van der Waals surface area contributed by atoms with Crippen molar-refractivity contribution in [2.75, 3.05) is 7.05 Å². The van der Waals surface area contributed by atoms with E-state index >= 15 is 0 Å². The fraction of sp³-hybridized carbons (Fsp3) is 0.500. The Bertz CT molecular complexity index is 403. The summed E-state index contributed by atoms with van der Waals surface area (Å²) in [6.07, 6.45) is 0.168. The highest BCUT2D eigenvalue weighted by Crippen LogP contribution is 2.42. The van der Waals surface area contributed by atoms with Crippen LogP contribution in [-0.2, 0) is 0 Å². The molecule has 1 aliphatic heterocycles. The van der Waals surface area contributed by atoms with E-state index in [1.807, 2.05) is 20.0 Å². The van der Waals surface area contributed by atoms with Gasteiger partial charge in [-0.25, -0.2) is 0 Å². The molecule has 2 atom stereocenters. The van der Waals surface area contributed by atoms with Gasteiger partial charge >= 0.3 is 0 Å². The summed E-state index contributed by atoms with van der Waals surface area (Å²) in [4.78, 5) is 0. The van der Waals surface area contributed by atoms with Crippen LogP contribution in [0.2, 0.25) is 5.02 Å². The fourth-order valence-electron chi connectivity index (χ4n) is 2.30. The molecule has 0 saturated heterocycles. The zero-order chi connectivity index (χ0) is 11.2. The van der Waals surface area contributed by atoms with Gasteiger partial charge in [-0.05, 0) is 45.0 Å². The minimum Gasteiger partial charge on any atom is -0.488 e. The first-order valence-electron chi connectivity index (χ1n) is 5.19. The Morgan fingerprint density at radius 3 is 2.67 bits per heavy atom. The first kappa shape index (κ1) is 10.8. The topological polar surface area (TPSA) is 21.3 Å². The van der Waals surface area contributed by atoms with E-state index in [-0.39, 0.29) is 12.1 Å². The van der Waals surface area contributed by atoms with Gasteiger partial charge in [0.25, 0.3) is 0 Å². The Labute approximate surface area is 95.6 Å². The molecule has 0 amide bonds. The fourth-order valence-corrected chi connectivity index (χ4v) is 2.46. The number of likely N-dealkylation sites (N-methyl/N-ethyl adjacent to an activating group) is 1. The second-order valence-corrected chi connectivity index (χ2v) is 4.51. The lowest BCUT2D eigenvalue weighted by Gasteiger charge is -2.15. The summed E-state index contributed by atoms with van der Waals surface area (Å²) in [6.45, 7) is 6.14. The summed E-state index contributed by atoms with van der Waals surface area (Å²) in [5.74, 6) is 0.973. The average Bonchev–Trinajstić information content (AvgIpc) is 2.50. The Balaban J connectivity index is 2.61. The number of benzene rings is 1. The number of hydrogen-bond acceptors (Lipinski definition) is 2. The van der Waals surface area contributed by atoms with Crippen LogP contribution in [0.3, 0.4) is 0 Å². The van der Waals surface area contributed by atoms with Crippen molar-refractivity contribution in [3.63, 3.8) is 0 Å². The molecule has 82 valence electrons. The maximum absolute atomic E-state index is 6.25. The van der Waals surface area contributed by atoms with E-state index in [0.29, 0.717) is 0 Å². The Morgan fingerprint density at radius 2 is 2.07 bits per heavy atom. The second-order valence-electron chi connectivity index (χ2n) is 4.13. The molecule has 0 bridgehead atoms. The van der Waals surface area contributed by atoms with Gasteiger partial charge < -0.3 is 10.1 Å². The van der Waals surface area contributed by atoms with E-state index in [2.05, 4.69) is 19.2 Å². The van der Waals surface area contributed by atoms with E-state index in [4.69, 9.17) is 16.3 Å². The predicted molar refractivity (Wildman–Crippen MR) is 62.8 cm³/mol. The molecule has 15 heavy (non-hydrogen) atoms. The summed E-state index contributed by atoms with van der Waals surface area (Å²) in [6, 6.07) is 2.27. The van der Waals surface area contributed by atoms with Gasteiger partial charge in [-0.1, -0.05) is 11.6 Å². The molecule has 0 fully saturated rings. The molecule has 0 aromatic heterocycles. The molecule has 3 heteroatoms. The van der Waals surface area contributed by atoms with Crippen molar-refractivity contribution < 1.29 is 4.74 Å². The van der Waals surface area contributed by atoms with Gasteiger partial charge in [-0.2, -0.15) is 0 Å². The molecular formula is C12H16ClNO. The van der Waals surface area contributed by atoms with Crippen LogP contribution in [0.1, 0.15) is 29.7 Å². The van der Waals surface area contributed by atoms with Crippen LogP contribution in [0, 0.1) is 13.8 Å². The van der Waals surface area contributed by atoms with E-state index in [0.717, 1.165) is 21.9 Å². The van der Waals surface area contributed by atoms with Crippen LogP contribution in [-0.4, -0.2) is 13.2 Å². The van der Waals surface area contributed by atoms with Crippen molar-refractivity contribution in [1.82, 2.24) is 5.32 Å². The quantitative estimate of drug-likeness (QED) is 0.794. The molecule has 2 rings (SSSR count). The van der Waals surface area contributed by atoms with Crippen LogP contribution < -0.4 is 10.1 Å². The van der Waals surface area contributed by atoms with Crippen molar-refractivity contribution in [3.8, 4) is 5.75 Å². The lowest BCUT2D eigenvalue weighted by Crippen LogP contribution is -2.25. The van der Waals surface area contributed by atoms with Crippen LogP contribution in [0.4, 0.5) is 0 Å². The van der Waals surface area contributed by atoms with Crippen molar-refractivity contribution >= 4 is 11.6 Å². The van der Waals surface area contributed by atoms with Gasteiger partial charge in [0, 0.05) is 10.6 Å². The lowest BCUT2D eigenvalue weighted by atomic mass is 9.97. The van der Waals surface area contributed by atoms with E-state index in [9.17, 15) is 0 Å². The lowest BCUT2D eigenvalue weighted by molar-refractivity contribution is 0.214. The summed E-state index contributed by atoms with van der Waals surface area (Å²) in [7, 11) is 1.95. The number of ether oxygens (including phenoxy) is 1. The van der Waals surface area contributed by atoms with Crippen LogP contribution in [0.15, 0.2) is 6.07 Å². The number of halogens is 1. The molecule has 2 nitrogen and oxygen atoms in total. The summed E-state index contributed by atoms with van der Waals surface area (Å²) in [5.41, 5.74) is 3.42. The third-order valence-electron chi connectivity index (χ3n) is 3.10. The van der Waals surface area contributed by atoms with Crippen LogP contribution in [0.25, 0.3) is 0 Å². The Kier molecular flexibility index (Phi) is 2.65. The highest BCUT2D eigenvalue weighted by molar-refractivity contribution is 6.32. The first-order chi connectivity index (χ1) is 7.06.